The third-order valence-corrected chi connectivity index (χ3v) is 4.61. The fourth-order valence-electron chi connectivity index (χ4n) is 2.90. The molecule has 0 unspecified atom stereocenters. The molecule has 0 radical (unpaired) electrons. The van der Waals surface area contributed by atoms with Gasteiger partial charge in [-0.2, -0.15) is 0 Å². The van der Waals surface area contributed by atoms with Crippen LogP contribution in [0.15, 0.2) is 52.9 Å². The highest BCUT2D eigenvalue weighted by atomic mass is 19.1. The number of halogens is 1. The minimum absolute atomic E-state index is 0.125. The maximum Gasteiger partial charge on any atom is 0.220 e. The molecule has 0 aliphatic heterocycles. The number of aryl methyl sites for hydroxylation is 3. The number of carbonyl (C=O) groups excluding carboxylic acids is 1. The maximum atomic E-state index is 13.0. The summed E-state index contributed by atoms with van der Waals surface area (Å²) in [5.74, 6) is 1.39. The van der Waals surface area contributed by atoms with Gasteiger partial charge in [-0.15, -0.1) is 10.2 Å². The Labute approximate surface area is 169 Å². The lowest BCUT2D eigenvalue weighted by Crippen LogP contribution is -2.26. The highest BCUT2D eigenvalue weighted by Crippen LogP contribution is 2.15. The minimum Gasteiger partial charge on any atom is -0.497 e. The first-order valence-corrected chi connectivity index (χ1v) is 9.52. The molecule has 0 aliphatic rings. The van der Waals surface area contributed by atoms with Crippen LogP contribution in [0.2, 0.25) is 0 Å². The second-order valence-electron chi connectivity index (χ2n) is 6.78. The number of hydrogen-bond donors (Lipinski definition) is 1. The number of hydrogen-bond acceptors (Lipinski definition) is 5. The van der Waals surface area contributed by atoms with Crippen LogP contribution in [0.4, 0.5) is 4.39 Å². The zero-order valence-corrected chi connectivity index (χ0v) is 16.5. The Kier molecular flexibility index (Phi) is 6.94. The van der Waals surface area contributed by atoms with Crippen molar-refractivity contribution in [3.8, 4) is 5.75 Å². The summed E-state index contributed by atoms with van der Waals surface area (Å²) in [6, 6.07) is 13.7. The first kappa shape index (κ1) is 20.5. The molecule has 7 heteroatoms. The van der Waals surface area contributed by atoms with Crippen molar-refractivity contribution < 1.29 is 18.3 Å². The normalized spacial score (nSPS) is 11.8. The van der Waals surface area contributed by atoms with Crippen LogP contribution in [-0.4, -0.2) is 23.2 Å². The number of nitrogens with zero attached hydrogens (tertiary/aromatic N) is 2. The second-order valence-corrected chi connectivity index (χ2v) is 6.78. The van der Waals surface area contributed by atoms with Crippen LogP contribution in [0.5, 0.6) is 5.75 Å². The highest BCUT2D eigenvalue weighted by molar-refractivity contribution is 5.76. The van der Waals surface area contributed by atoms with E-state index in [4.69, 9.17) is 9.15 Å². The summed E-state index contributed by atoms with van der Waals surface area (Å²) in [6.45, 7) is 1.86. The number of carbonyl (C=O) groups is 1. The predicted octanol–water partition coefficient (Wildman–Crippen LogP) is 3.81. The molecular formula is C22H24FN3O3. The van der Waals surface area contributed by atoms with Crippen LogP contribution in [0, 0.1) is 5.82 Å². The van der Waals surface area contributed by atoms with Crippen molar-refractivity contribution in [2.45, 2.75) is 38.6 Å². The van der Waals surface area contributed by atoms with Crippen molar-refractivity contribution >= 4 is 5.91 Å². The molecule has 1 N–H and O–H groups in total. The summed E-state index contributed by atoms with van der Waals surface area (Å²) in [7, 11) is 1.64. The summed E-state index contributed by atoms with van der Waals surface area (Å²) in [6.07, 6.45) is 2.03. The minimum atomic E-state index is -0.300. The third-order valence-electron chi connectivity index (χ3n) is 4.61. The first-order chi connectivity index (χ1) is 14.0. The van der Waals surface area contributed by atoms with Gasteiger partial charge in [-0.25, -0.2) is 4.39 Å². The van der Waals surface area contributed by atoms with Crippen LogP contribution in [0.25, 0.3) is 0 Å². The lowest BCUT2D eigenvalue weighted by atomic mass is 10.1. The van der Waals surface area contributed by atoms with Crippen molar-refractivity contribution in [1.82, 2.24) is 15.5 Å². The fraction of sp³-hybridized carbons (Fsp3) is 0.318. The van der Waals surface area contributed by atoms with Gasteiger partial charge in [-0.05, 0) is 48.7 Å². The molecule has 2 aromatic carbocycles. The van der Waals surface area contributed by atoms with Crippen molar-refractivity contribution in [3.05, 3.63) is 77.3 Å². The van der Waals surface area contributed by atoms with Gasteiger partial charge in [0.05, 0.1) is 13.2 Å². The standard InChI is InChI=1S/C22H24FN3O3/c1-15(17-6-8-18(23)9-7-17)24-20(27)12-14-22-26-25-21(29-22)13-5-16-3-10-19(28-2)11-4-16/h3-4,6-11,15H,5,12-14H2,1-2H3,(H,24,27)/t15-/m1/s1. The SMILES string of the molecule is COc1ccc(CCc2nnc(CCC(=O)N[C@H](C)c3ccc(F)cc3)o2)cc1. The Balaban J connectivity index is 1.43. The van der Waals surface area contributed by atoms with Gasteiger partial charge < -0.3 is 14.5 Å². The smallest absolute Gasteiger partial charge is 0.220 e. The molecule has 29 heavy (non-hydrogen) atoms. The van der Waals surface area contributed by atoms with E-state index in [0.717, 1.165) is 23.3 Å². The fourth-order valence-corrected chi connectivity index (χ4v) is 2.90. The van der Waals surface area contributed by atoms with Crippen LogP contribution in [0.3, 0.4) is 0 Å². The summed E-state index contributed by atoms with van der Waals surface area (Å²) < 4.78 is 23.8. The van der Waals surface area contributed by atoms with Gasteiger partial charge in [-0.3, -0.25) is 4.79 Å². The highest BCUT2D eigenvalue weighted by Gasteiger charge is 2.12. The predicted molar refractivity (Wildman–Crippen MR) is 106 cm³/mol. The molecule has 6 nitrogen and oxygen atoms in total. The van der Waals surface area contributed by atoms with Gasteiger partial charge in [-0.1, -0.05) is 24.3 Å². The summed E-state index contributed by atoms with van der Waals surface area (Å²) >= 11 is 0. The zero-order chi connectivity index (χ0) is 20.6. The summed E-state index contributed by atoms with van der Waals surface area (Å²) in [5.41, 5.74) is 2.00. The number of ether oxygens (including phenoxy) is 1. The first-order valence-electron chi connectivity index (χ1n) is 9.52. The third kappa shape index (κ3) is 6.14. The number of benzene rings is 2. The topological polar surface area (TPSA) is 77.2 Å². The molecule has 0 aliphatic carbocycles. The van der Waals surface area contributed by atoms with Crippen molar-refractivity contribution in [2.75, 3.05) is 7.11 Å². The number of nitrogens with one attached hydrogen (secondary N) is 1. The molecule has 1 amide bonds. The molecule has 1 atom stereocenters. The van der Waals surface area contributed by atoms with E-state index in [1.54, 1.807) is 19.2 Å². The van der Waals surface area contributed by atoms with E-state index in [1.165, 1.54) is 12.1 Å². The summed E-state index contributed by atoms with van der Waals surface area (Å²) in [4.78, 5) is 12.2. The molecule has 0 spiro atoms. The Bertz CT molecular complexity index is 923. The van der Waals surface area contributed by atoms with E-state index in [1.807, 2.05) is 31.2 Å². The van der Waals surface area contributed by atoms with Gasteiger partial charge in [0.15, 0.2) is 0 Å². The van der Waals surface area contributed by atoms with Gasteiger partial charge in [0.1, 0.15) is 11.6 Å². The largest absolute Gasteiger partial charge is 0.497 e. The van der Waals surface area contributed by atoms with E-state index < -0.39 is 0 Å². The van der Waals surface area contributed by atoms with Crippen molar-refractivity contribution in [1.29, 1.82) is 0 Å². The van der Waals surface area contributed by atoms with Crippen LogP contribution >= 0.6 is 0 Å². The van der Waals surface area contributed by atoms with Gasteiger partial charge in [0.25, 0.3) is 0 Å². The number of aromatic nitrogens is 2. The molecule has 0 saturated heterocycles. The van der Waals surface area contributed by atoms with Gasteiger partial charge >= 0.3 is 0 Å². The average molecular weight is 397 g/mol. The second kappa shape index (κ2) is 9.82. The molecule has 3 rings (SSSR count). The molecule has 0 bridgehead atoms. The van der Waals surface area contributed by atoms with Crippen LogP contribution in [-0.2, 0) is 24.1 Å². The molecule has 3 aromatic rings. The van der Waals surface area contributed by atoms with Crippen LogP contribution < -0.4 is 10.1 Å². The molecule has 1 heterocycles. The summed E-state index contributed by atoms with van der Waals surface area (Å²) in [5, 5.41) is 11.0. The Morgan fingerprint density at radius 2 is 1.69 bits per heavy atom. The lowest BCUT2D eigenvalue weighted by Gasteiger charge is -2.13. The quantitative estimate of drug-likeness (QED) is 0.594. The van der Waals surface area contributed by atoms with E-state index >= 15 is 0 Å². The Morgan fingerprint density at radius 3 is 2.34 bits per heavy atom. The molecule has 0 saturated carbocycles. The van der Waals surface area contributed by atoms with E-state index in [2.05, 4.69) is 15.5 Å². The van der Waals surface area contributed by atoms with E-state index in [0.29, 0.717) is 24.6 Å². The van der Waals surface area contributed by atoms with Crippen LogP contribution in [0.1, 0.15) is 42.3 Å². The molecule has 0 fully saturated rings. The molecular weight excluding hydrogens is 373 g/mol. The van der Waals surface area contributed by atoms with Gasteiger partial charge in [0, 0.05) is 19.3 Å². The Hall–Kier alpha value is -3.22. The number of methoxy groups -OCH3 is 1. The lowest BCUT2D eigenvalue weighted by molar-refractivity contribution is -0.121. The maximum absolute atomic E-state index is 13.0. The Morgan fingerprint density at radius 1 is 1.03 bits per heavy atom. The van der Waals surface area contributed by atoms with E-state index in [-0.39, 0.29) is 24.2 Å². The monoisotopic (exact) mass is 397 g/mol. The molecule has 152 valence electrons. The average Bonchev–Trinajstić information content (AvgIpc) is 3.19. The van der Waals surface area contributed by atoms with Gasteiger partial charge in [0.2, 0.25) is 17.7 Å². The number of amides is 1. The van der Waals surface area contributed by atoms with Crippen molar-refractivity contribution in [3.63, 3.8) is 0 Å². The molecule has 1 aromatic heterocycles. The number of rotatable bonds is 9. The van der Waals surface area contributed by atoms with Crippen molar-refractivity contribution in [2.24, 2.45) is 0 Å². The van der Waals surface area contributed by atoms with E-state index in [9.17, 15) is 9.18 Å². The zero-order valence-electron chi connectivity index (χ0n) is 16.5.